The molecule has 0 bridgehead atoms. The van der Waals surface area contributed by atoms with Crippen molar-refractivity contribution in [2.45, 2.75) is 19.3 Å². The first-order chi connectivity index (χ1) is 9.95. The van der Waals surface area contributed by atoms with Crippen LogP contribution in [0.1, 0.15) is 27.0 Å². The third kappa shape index (κ3) is 2.56. The maximum Gasteiger partial charge on any atom is 0.416 e. The van der Waals surface area contributed by atoms with Crippen molar-refractivity contribution in [2.75, 3.05) is 0 Å². The number of carbonyl (C=O) groups excluding carboxylic acids is 1. The maximum atomic E-state index is 13.1. The van der Waals surface area contributed by atoms with E-state index in [-0.39, 0.29) is 29.8 Å². The summed E-state index contributed by atoms with van der Waals surface area (Å²) in [5.41, 5.74) is -0.559. The SMILES string of the molecule is O=C1NCc2c1cc(COc1cnoc1)cc2C(F)(F)F. The predicted molar refractivity (Wildman–Crippen MR) is 63.4 cm³/mol. The van der Waals surface area contributed by atoms with Gasteiger partial charge in [0.25, 0.3) is 5.91 Å². The highest BCUT2D eigenvalue weighted by atomic mass is 19.4. The number of nitrogens with one attached hydrogen (secondary N) is 1. The predicted octanol–water partition coefficient (Wildman–Crippen LogP) is 2.52. The standard InChI is InChI=1S/C13H9F3N2O3/c14-13(15,16)11-2-7(5-20-8-3-18-21-6-8)1-9-10(11)4-17-12(9)19/h1-3,6H,4-5H2,(H,17,19). The van der Waals surface area contributed by atoms with E-state index < -0.39 is 17.6 Å². The second-order valence-electron chi connectivity index (χ2n) is 4.50. The van der Waals surface area contributed by atoms with Gasteiger partial charge in [-0.2, -0.15) is 13.2 Å². The smallest absolute Gasteiger partial charge is 0.416 e. The molecule has 1 aliphatic heterocycles. The van der Waals surface area contributed by atoms with Crippen LogP contribution in [0.15, 0.2) is 29.1 Å². The summed E-state index contributed by atoms with van der Waals surface area (Å²) >= 11 is 0. The van der Waals surface area contributed by atoms with Gasteiger partial charge in [-0.05, 0) is 23.3 Å². The number of fused-ring (bicyclic) bond motifs is 1. The lowest BCUT2D eigenvalue weighted by atomic mass is 9.99. The van der Waals surface area contributed by atoms with E-state index in [0.29, 0.717) is 5.75 Å². The molecule has 2 heterocycles. The lowest BCUT2D eigenvalue weighted by molar-refractivity contribution is -0.138. The Morgan fingerprint density at radius 2 is 2.19 bits per heavy atom. The van der Waals surface area contributed by atoms with Crippen molar-refractivity contribution in [1.82, 2.24) is 10.5 Å². The van der Waals surface area contributed by atoms with E-state index in [9.17, 15) is 18.0 Å². The topological polar surface area (TPSA) is 64.4 Å². The average molecular weight is 298 g/mol. The molecule has 0 spiro atoms. The van der Waals surface area contributed by atoms with Crippen LogP contribution < -0.4 is 10.1 Å². The van der Waals surface area contributed by atoms with Gasteiger partial charge in [0.15, 0.2) is 12.0 Å². The van der Waals surface area contributed by atoms with Gasteiger partial charge in [0.2, 0.25) is 0 Å². The first kappa shape index (κ1) is 13.5. The van der Waals surface area contributed by atoms with E-state index >= 15 is 0 Å². The van der Waals surface area contributed by atoms with E-state index in [0.717, 1.165) is 6.07 Å². The minimum absolute atomic E-state index is 0.0266. The van der Waals surface area contributed by atoms with Crippen molar-refractivity contribution in [3.8, 4) is 5.75 Å². The molecule has 110 valence electrons. The second kappa shape index (κ2) is 4.80. The van der Waals surface area contributed by atoms with Gasteiger partial charge in [-0.3, -0.25) is 4.79 Å². The Labute approximate surface area is 116 Å². The molecule has 0 radical (unpaired) electrons. The zero-order valence-electron chi connectivity index (χ0n) is 10.5. The Morgan fingerprint density at radius 3 is 2.86 bits per heavy atom. The molecular formula is C13H9F3N2O3. The zero-order valence-corrected chi connectivity index (χ0v) is 10.5. The van der Waals surface area contributed by atoms with Crippen LogP contribution in [0, 0.1) is 0 Å². The number of rotatable bonds is 3. The third-order valence-corrected chi connectivity index (χ3v) is 3.10. The number of amides is 1. The Hall–Kier alpha value is -2.51. The average Bonchev–Trinajstić information content (AvgIpc) is 3.05. The van der Waals surface area contributed by atoms with Crippen LogP contribution in [0.5, 0.6) is 5.75 Å². The molecule has 1 aromatic carbocycles. The largest absolute Gasteiger partial charge is 0.484 e. The molecule has 0 atom stereocenters. The Morgan fingerprint density at radius 1 is 1.38 bits per heavy atom. The molecule has 8 heteroatoms. The Balaban J connectivity index is 1.94. The van der Waals surface area contributed by atoms with Gasteiger partial charge in [0.05, 0.1) is 5.56 Å². The number of aromatic nitrogens is 1. The van der Waals surface area contributed by atoms with E-state index in [2.05, 4.69) is 15.0 Å². The van der Waals surface area contributed by atoms with Crippen LogP contribution in [-0.2, 0) is 19.3 Å². The van der Waals surface area contributed by atoms with Crippen molar-refractivity contribution >= 4 is 5.91 Å². The number of alkyl halides is 3. The summed E-state index contributed by atoms with van der Waals surface area (Å²) in [6, 6.07) is 2.40. The number of ether oxygens (including phenoxy) is 1. The van der Waals surface area contributed by atoms with Gasteiger partial charge in [-0.25, -0.2) is 0 Å². The zero-order chi connectivity index (χ0) is 15.0. The number of hydrogen-bond acceptors (Lipinski definition) is 4. The summed E-state index contributed by atoms with van der Waals surface area (Å²) in [6.45, 7) is -0.235. The minimum Gasteiger partial charge on any atom is -0.484 e. The molecule has 5 nitrogen and oxygen atoms in total. The van der Waals surface area contributed by atoms with Crippen molar-refractivity contribution in [1.29, 1.82) is 0 Å². The summed E-state index contributed by atoms with van der Waals surface area (Å²) in [5, 5.41) is 5.81. The van der Waals surface area contributed by atoms with Crippen LogP contribution >= 0.6 is 0 Å². The molecule has 0 unspecified atom stereocenters. The Kier molecular flexibility index (Phi) is 3.08. The highest BCUT2D eigenvalue weighted by Crippen LogP contribution is 2.36. The highest BCUT2D eigenvalue weighted by molar-refractivity contribution is 5.99. The second-order valence-corrected chi connectivity index (χ2v) is 4.50. The van der Waals surface area contributed by atoms with Crippen molar-refractivity contribution in [3.05, 3.63) is 46.8 Å². The summed E-state index contributed by atoms with van der Waals surface area (Å²) < 4.78 is 49.0. The number of nitrogens with zero attached hydrogens (tertiary/aromatic N) is 1. The fourth-order valence-corrected chi connectivity index (χ4v) is 2.16. The van der Waals surface area contributed by atoms with Gasteiger partial charge in [0, 0.05) is 12.1 Å². The van der Waals surface area contributed by atoms with Gasteiger partial charge in [-0.1, -0.05) is 5.16 Å². The molecule has 0 fully saturated rings. The summed E-state index contributed by atoms with van der Waals surface area (Å²) in [4.78, 5) is 11.6. The van der Waals surface area contributed by atoms with Crippen LogP contribution in [-0.4, -0.2) is 11.1 Å². The number of benzene rings is 1. The quantitative estimate of drug-likeness (QED) is 0.945. The molecule has 1 aromatic heterocycles. The molecule has 3 rings (SSSR count). The number of carbonyl (C=O) groups is 1. The van der Waals surface area contributed by atoms with E-state index in [1.807, 2.05) is 0 Å². The first-order valence-corrected chi connectivity index (χ1v) is 5.98. The van der Waals surface area contributed by atoms with Gasteiger partial charge >= 0.3 is 6.18 Å². The molecule has 2 aromatic rings. The van der Waals surface area contributed by atoms with E-state index in [1.165, 1.54) is 18.5 Å². The molecule has 1 N–H and O–H groups in total. The first-order valence-electron chi connectivity index (χ1n) is 5.98. The summed E-state index contributed by atoms with van der Waals surface area (Å²) in [7, 11) is 0. The van der Waals surface area contributed by atoms with Crippen LogP contribution in [0.3, 0.4) is 0 Å². The highest BCUT2D eigenvalue weighted by Gasteiger charge is 2.37. The van der Waals surface area contributed by atoms with Crippen LogP contribution in [0.2, 0.25) is 0 Å². The van der Waals surface area contributed by atoms with E-state index in [4.69, 9.17) is 4.74 Å². The lowest BCUT2D eigenvalue weighted by Crippen LogP contribution is -2.12. The van der Waals surface area contributed by atoms with Gasteiger partial charge in [0.1, 0.15) is 12.8 Å². The monoisotopic (exact) mass is 298 g/mol. The number of halogens is 3. The molecule has 0 aliphatic carbocycles. The van der Waals surface area contributed by atoms with Gasteiger partial charge < -0.3 is 14.6 Å². The molecular weight excluding hydrogens is 289 g/mol. The normalized spacial score (nSPS) is 14.0. The van der Waals surface area contributed by atoms with Crippen molar-refractivity contribution in [3.63, 3.8) is 0 Å². The maximum absolute atomic E-state index is 13.1. The van der Waals surface area contributed by atoms with Crippen LogP contribution in [0.25, 0.3) is 0 Å². The molecule has 21 heavy (non-hydrogen) atoms. The summed E-state index contributed by atoms with van der Waals surface area (Å²) in [5.74, 6) is -0.212. The molecule has 0 saturated heterocycles. The molecule has 0 saturated carbocycles. The number of hydrogen-bond donors (Lipinski definition) is 1. The van der Waals surface area contributed by atoms with Crippen molar-refractivity contribution < 1.29 is 27.2 Å². The summed E-state index contributed by atoms with van der Waals surface area (Å²) in [6.07, 6.45) is -2.00. The Bertz CT molecular complexity index is 681. The fraction of sp³-hybridized carbons (Fsp3) is 0.231. The molecule has 1 aliphatic rings. The third-order valence-electron chi connectivity index (χ3n) is 3.10. The van der Waals surface area contributed by atoms with Crippen LogP contribution in [0.4, 0.5) is 13.2 Å². The van der Waals surface area contributed by atoms with Gasteiger partial charge in [-0.15, -0.1) is 0 Å². The fourth-order valence-electron chi connectivity index (χ4n) is 2.16. The molecule has 1 amide bonds. The van der Waals surface area contributed by atoms with E-state index in [1.54, 1.807) is 0 Å². The lowest BCUT2D eigenvalue weighted by Gasteiger charge is -2.13. The van der Waals surface area contributed by atoms with Crippen molar-refractivity contribution in [2.24, 2.45) is 0 Å². The minimum atomic E-state index is -4.52.